The Balaban J connectivity index is 1.61. The van der Waals surface area contributed by atoms with Gasteiger partial charge in [0.2, 0.25) is 0 Å². The molecule has 0 bridgehead atoms. The van der Waals surface area contributed by atoms with Gasteiger partial charge >= 0.3 is 6.09 Å². The van der Waals surface area contributed by atoms with Crippen molar-refractivity contribution in [3.8, 4) is 0 Å². The lowest BCUT2D eigenvalue weighted by Gasteiger charge is -2.08. The van der Waals surface area contributed by atoms with Crippen LogP contribution in [0.4, 0.5) is 14.9 Å². The highest BCUT2D eigenvalue weighted by atomic mass is 19.1. The minimum atomic E-state index is -0.592. The second-order valence-electron chi connectivity index (χ2n) is 5.67. The number of nitrogens with one attached hydrogen (secondary N) is 2. The van der Waals surface area contributed by atoms with E-state index in [1.165, 1.54) is 19.2 Å². The molecule has 0 radical (unpaired) electrons. The van der Waals surface area contributed by atoms with Crippen molar-refractivity contribution in [2.24, 2.45) is 0 Å². The Morgan fingerprint density at radius 3 is 2.62 bits per heavy atom. The molecule has 24 heavy (non-hydrogen) atoms. The van der Waals surface area contributed by atoms with E-state index in [4.69, 9.17) is 0 Å². The third-order valence-electron chi connectivity index (χ3n) is 3.96. The van der Waals surface area contributed by atoms with E-state index < -0.39 is 6.09 Å². The van der Waals surface area contributed by atoms with Crippen molar-refractivity contribution in [2.75, 3.05) is 12.4 Å². The zero-order chi connectivity index (χ0) is 17.1. The van der Waals surface area contributed by atoms with Crippen molar-refractivity contribution < 1.29 is 18.7 Å². The number of carbonyl (C=O) groups excluding carboxylic acids is 2. The molecule has 0 heterocycles. The molecule has 2 aromatic rings. The van der Waals surface area contributed by atoms with E-state index in [0.29, 0.717) is 11.3 Å². The smallest absolute Gasteiger partial charge is 0.411 e. The molecule has 0 spiro atoms. The second kappa shape index (κ2) is 6.70. The van der Waals surface area contributed by atoms with E-state index in [2.05, 4.69) is 15.4 Å². The fraction of sp³-hybridized carbons (Fsp3) is 0.222. The van der Waals surface area contributed by atoms with Crippen LogP contribution in [0, 0.1) is 5.82 Å². The Labute approximate surface area is 138 Å². The van der Waals surface area contributed by atoms with E-state index in [1.807, 2.05) is 0 Å². The summed E-state index contributed by atoms with van der Waals surface area (Å²) in [4.78, 5) is 23.5. The number of halogens is 1. The molecule has 2 amide bonds. The van der Waals surface area contributed by atoms with Crippen LogP contribution in [0.2, 0.25) is 0 Å². The van der Waals surface area contributed by atoms with Gasteiger partial charge in [-0.05, 0) is 42.3 Å². The molecule has 1 aliphatic rings. The monoisotopic (exact) mass is 328 g/mol. The van der Waals surface area contributed by atoms with Gasteiger partial charge in [0, 0.05) is 23.2 Å². The maximum atomic E-state index is 12.9. The lowest BCUT2D eigenvalue weighted by atomic mass is 10.1. The summed E-state index contributed by atoms with van der Waals surface area (Å²) in [6, 6.07) is 13.0. The molecule has 1 fully saturated rings. The topological polar surface area (TPSA) is 67.4 Å². The normalized spacial score (nSPS) is 18.6. The van der Waals surface area contributed by atoms with Gasteiger partial charge in [0.25, 0.3) is 5.91 Å². The molecule has 2 aromatic carbocycles. The van der Waals surface area contributed by atoms with Gasteiger partial charge in [-0.1, -0.05) is 18.2 Å². The molecule has 3 rings (SSSR count). The summed E-state index contributed by atoms with van der Waals surface area (Å²) < 4.78 is 17.5. The van der Waals surface area contributed by atoms with Crippen molar-refractivity contribution in [3.05, 3.63) is 65.5 Å². The molecule has 1 aliphatic carbocycles. The van der Waals surface area contributed by atoms with Crippen LogP contribution in [-0.4, -0.2) is 25.2 Å². The fourth-order valence-corrected chi connectivity index (χ4v) is 2.59. The van der Waals surface area contributed by atoms with E-state index in [-0.39, 0.29) is 23.7 Å². The third kappa shape index (κ3) is 3.71. The second-order valence-corrected chi connectivity index (χ2v) is 5.67. The summed E-state index contributed by atoms with van der Waals surface area (Å²) in [7, 11) is 1.27. The van der Waals surface area contributed by atoms with Crippen LogP contribution < -0.4 is 10.6 Å². The summed E-state index contributed by atoms with van der Waals surface area (Å²) in [6.07, 6.45) is 0.239. The predicted molar refractivity (Wildman–Crippen MR) is 87.5 cm³/mol. The van der Waals surface area contributed by atoms with Crippen LogP contribution in [0.15, 0.2) is 48.5 Å². The molecular formula is C18H17FN2O3. The quantitative estimate of drug-likeness (QED) is 0.905. The maximum Gasteiger partial charge on any atom is 0.411 e. The van der Waals surface area contributed by atoms with Gasteiger partial charge < -0.3 is 10.1 Å². The number of methoxy groups -OCH3 is 1. The van der Waals surface area contributed by atoms with Crippen LogP contribution in [0.3, 0.4) is 0 Å². The Morgan fingerprint density at radius 2 is 1.92 bits per heavy atom. The van der Waals surface area contributed by atoms with Crippen LogP contribution in [-0.2, 0) is 4.74 Å². The lowest BCUT2D eigenvalue weighted by Crippen LogP contribution is -2.26. The van der Waals surface area contributed by atoms with Gasteiger partial charge in [-0.2, -0.15) is 0 Å². The fourth-order valence-electron chi connectivity index (χ4n) is 2.59. The zero-order valence-corrected chi connectivity index (χ0v) is 13.1. The van der Waals surface area contributed by atoms with Crippen molar-refractivity contribution in [1.82, 2.24) is 5.32 Å². The van der Waals surface area contributed by atoms with E-state index in [9.17, 15) is 14.0 Å². The number of amides is 2. The number of carbonyl (C=O) groups is 2. The Kier molecular flexibility index (Phi) is 4.46. The number of benzene rings is 2. The molecule has 1 saturated carbocycles. The number of rotatable bonds is 4. The van der Waals surface area contributed by atoms with Crippen LogP contribution >= 0.6 is 0 Å². The molecule has 0 aliphatic heterocycles. The Hall–Kier alpha value is -2.89. The summed E-state index contributed by atoms with van der Waals surface area (Å²) >= 11 is 0. The van der Waals surface area contributed by atoms with Gasteiger partial charge in [-0.15, -0.1) is 0 Å². The number of ether oxygens (including phenoxy) is 1. The average Bonchev–Trinajstić information content (AvgIpc) is 3.34. The molecule has 2 atom stereocenters. The molecule has 5 nitrogen and oxygen atoms in total. The summed E-state index contributed by atoms with van der Waals surface area (Å²) in [5.74, 6) is -0.265. The predicted octanol–water partition coefficient (Wildman–Crippen LogP) is 3.29. The first-order valence-electron chi connectivity index (χ1n) is 7.58. The third-order valence-corrected chi connectivity index (χ3v) is 3.96. The minimum Gasteiger partial charge on any atom is -0.453 e. The Morgan fingerprint density at radius 1 is 1.17 bits per heavy atom. The first-order chi connectivity index (χ1) is 11.6. The average molecular weight is 328 g/mol. The van der Waals surface area contributed by atoms with Crippen molar-refractivity contribution in [2.45, 2.75) is 18.4 Å². The summed E-state index contributed by atoms with van der Waals surface area (Å²) in [6.45, 7) is 0. The van der Waals surface area contributed by atoms with Crippen LogP contribution in [0.1, 0.15) is 28.3 Å². The maximum absolute atomic E-state index is 12.9. The van der Waals surface area contributed by atoms with E-state index in [0.717, 1.165) is 12.0 Å². The highest BCUT2D eigenvalue weighted by Gasteiger charge is 2.39. The highest BCUT2D eigenvalue weighted by molar-refractivity contribution is 5.96. The van der Waals surface area contributed by atoms with E-state index >= 15 is 0 Å². The van der Waals surface area contributed by atoms with Crippen molar-refractivity contribution in [3.63, 3.8) is 0 Å². The van der Waals surface area contributed by atoms with Gasteiger partial charge in [-0.25, -0.2) is 9.18 Å². The molecular weight excluding hydrogens is 311 g/mol. The zero-order valence-electron chi connectivity index (χ0n) is 13.1. The molecule has 0 unspecified atom stereocenters. The molecule has 2 N–H and O–H groups in total. The highest BCUT2D eigenvalue weighted by Crippen LogP contribution is 2.40. The van der Waals surface area contributed by atoms with E-state index in [1.54, 1.807) is 36.4 Å². The Bertz CT molecular complexity index is 761. The summed E-state index contributed by atoms with van der Waals surface area (Å²) in [5.41, 5.74) is 1.96. The SMILES string of the molecule is COC(=O)Nc1cccc(C(=O)N[C@@H]2C[C@@H]2c2ccc(F)cc2)c1. The number of hydrogen-bond donors (Lipinski definition) is 2. The van der Waals surface area contributed by atoms with Gasteiger partial charge in [0.1, 0.15) is 5.82 Å². The molecule has 0 saturated heterocycles. The minimum absolute atomic E-state index is 0.0418. The largest absolute Gasteiger partial charge is 0.453 e. The number of hydrogen-bond acceptors (Lipinski definition) is 3. The first kappa shape index (κ1) is 16.0. The summed E-state index contributed by atoms with van der Waals surface area (Å²) in [5, 5.41) is 5.47. The van der Waals surface area contributed by atoms with Gasteiger partial charge in [0.05, 0.1) is 7.11 Å². The first-order valence-corrected chi connectivity index (χ1v) is 7.58. The molecule has 124 valence electrons. The van der Waals surface area contributed by atoms with Crippen molar-refractivity contribution in [1.29, 1.82) is 0 Å². The standard InChI is InChI=1S/C18H17FN2O3/c1-24-18(23)20-14-4-2-3-12(9-14)17(22)21-16-10-15(16)11-5-7-13(19)8-6-11/h2-9,15-16H,10H2,1H3,(H,20,23)(H,21,22)/t15-,16-/m1/s1. The van der Waals surface area contributed by atoms with Crippen molar-refractivity contribution >= 4 is 17.7 Å². The van der Waals surface area contributed by atoms with Gasteiger partial charge in [0.15, 0.2) is 0 Å². The number of anilines is 1. The molecule has 6 heteroatoms. The van der Waals surface area contributed by atoms with Gasteiger partial charge in [-0.3, -0.25) is 10.1 Å². The lowest BCUT2D eigenvalue weighted by molar-refractivity contribution is 0.0950. The molecule has 0 aromatic heterocycles. The van der Waals surface area contributed by atoms with Crippen LogP contribution in [0.25, 0.3) is 0 Å². The van der Waals surface area contributed by atoms with Crippen LogP contribution in [0.5, 0.6) is 0 Å².